The molecule has 2 aliphatic heterocycles. The third kappa shape index (κ3) is 3.92. The van der Waals surface area contributed by atoms with Crippen molar-refractivity contribution in [2.75, 3.05) is 32.8 Å². The van der Waals surface area contributed by atoms with Crippen molar-refractivity contribution in [1.82, 2.24) is 19.9 Å². The molecular formula is C27H24N4O5. The van der Waals surface area contributed by atoms with Crippen LogP contribution in [0.1, 0.15) is 16.1 Å². The zero-order valence-corrected chi connectivity index (χ0v) is 19.7. The molecule has 2 aliphatic rings. The number of amides is 2. The number of carbonyl (C=O) groups is 2. The minimum absolute atomic E-state index is 0.135. The average molecular weight is 485 g/mol. The summed E-state index contributed by atoms with van der Waals surface area (Å²) < 4.78 is 17.0. The van der Waals surface area contributed by atoms with Crippen LogP contribution in [0.3, 0.4) is 0 Å². The maximum atomic E-state index is 13.6. The summed E-state index contributed by atoms with van der Waals surface area (Å²) in [6, 6.07) is 18.7. The Labute approximate surface area is 207 Å². The first-order chi connectivity index (χ1) is 17.6. The second kappa shape index (κ2) is 8.99. The van der Waals surface area contributed by atoms with Gasteiger partial charge < -0.3 is 23.8 Å². The van der Waals surface area contributed by atoms with Crippen LogP contribution in [-0.2, 0) is 4.79 Å². The number of nitrogens with zero attached hydrogens (tertiary/aromatic N) is 4. The molecule has 4 aromatic rings. The largest absolute Gasteiger partial charge is 0.485 e. The molecule has 1 fully saturated rings. The van der Waals surface area contributed by atoms with Gasteiger partial charge in [-0.2, -0.15) is 0 Å². The van der Waals surface area contributed by atoms with Crippen molar-refractivity contribution in [2.24, 2.45) is 0 Å². The SMILES string of the molecule is Cc1noc2nc(-c3ccccc3)cc(C(=O)N3CCN(C(=O)C4COc5ccccc5O4)CC3)c12. The van der Waals surface area contributed by atoms with Gasteiger partial charge in [0.05, 0.1) is 22.3 Å². The van der Waals surface area contributed by atoms with Gasteiger partial charge in [-0.05, 0) is 25.1 Å². The number of ether oxygens (including phenoxy) is 2. The Morgan fingerprint density at radius 3 is 2.39 bits per heavy atom. The molecule has 0 bridgehead atoms. The molecule has 182 valence electrons. The maximum absolute atomic E-state index is 13.6. The zero-order chi connectivity index (χ0) is 24.6. The van der Waals surface area contributed by atoms with Gasteiger partial charge in [0, 0.05) is 31.7 Å². The number of aromatic nitrogens is 2. The van der Waals surface area contributed by atoms with Gasteiger partial charge in [0.1, 0.15) is 6.61 Å². The predicted octanol–water partition coefficient (Wildman–Crippen LogP) is 3.32. The minimum atomic E-state index is -0.699. The van der Waals surface area contributed by atoms with Gasteiger partial charge in [-0.1, -0.05) is 47.6 Å². The summed E-state index contributed by atoms with van der Waals surface area (Å²) in [5, 5.41) is 4.65. The van der Waals surface area contributed by atoms with Crippen LogP contribution in [0.25, 0.3) is 22.4 Å². The van der Waals surface area contributed by atoms with Gasteiger partial charge in [0.15, 0.2) is 11.5 Å². The molecule has 0 spiro atoms. The first-order valence-corrected chi connectivity index (χ1v) is 11.9. The lowest BCUT2D eigenvalue weighted by atomic mass is 10.0. The third-order valence-corrected chi connectivity index (χ3v) is 6.58. The van der Waals surface area contributed by atoms with Crippen LogP contribution in [0.15, 0.2) is 65.2 Å². The van der Waals surface area contributed by atoms with Gasteiger partial charge in [0.2, 0.25) is 6.10 Å². The van der Waals surface area contributed by atoms with E-state index in [0.29, 0.717) is 65.7 Å². The number of fused-ring (bicyclic) bond motifs is 2. The highest BCUT2D eigenvalue weighted by Gasteiger charge is 2.34. The van der Waals surface area contributed by atoms with Gasteiger partial charge in [-0.3, -0.25) is 9.59 Å². The molecule has 1 saturated heterocycles. The number of piperazine rings is 1. The Kier molecular flexibility index (Phi) is 5.52. The first-order valence-electron chi connectivity index (χ1n) is 11.9. The number of para-hydroxylation sites is 2. The third-order valence-electron chi connectivity index (χ3n) is 6.58. The summed E-state index contributed by atoms with van der Waals surface area (Å²) in [6.45, 7) is 3.60. The van der Waals surface area contributed by atoms with Crippen molar-refractivity contribution in [3.63, 3.8) is 0 Å². The second-order valence-corrected chi connectivity index (χ2v) is 8.85. The van der Waals surface area contributed by atoms with Crippen molar-refractivity contribution in [3.05, 3.63) is 71.9 Å². The van der Waals surface area contributed by atoms with Gasteiger partial charge in [-0.25, -0.2) is 4.98 Å². The maximum Gasteiger partial charge on any atom is 0.267 e. The highest BCUT2D eigenvalue weighted by Crippen LogP contribution is 2.32. The van der Waals surface area contributed by atoms with Crippen LogP contribution < -0.4 is 9.47 Å². The summed E-state index contributed by atoms with van der Waals surface area (Å²) in [5.41, 5.74) is 2.98. The second-order valence-electron chi connectivity index (χ2n) is 8.85. The molecule has 9 nitrogen and oxygen atoms in total. The molecule has 1 unspecified atom stereocenters. The number of hydrogen-bond acceptors (Lipinski definition) is 7. The van der Waals surface area contributed by atoms with Crippen molar-refractivity contribution in [1.29, 1.82) is 0 Å². The standard InChI is InChI=1S/C27H24N4O5/c1-17-24-19(15-20(28-25(24)36-29-17)18-7-3-2-4-8-18)26(32)30-11-13-31(14-12-30)27(33)23-16-34-21-9-5-6-10-22(21)35-23/h2-10,15,23H,11-14,16H2,1H3. The monoisotopic (exact) mass is 484 g/mol. The molecule has 4 heterocycles. The van der Waals surface area contributed by atoms with E-state index in [9.17, 15) is 9.59 Å². The molecule has 0 aliphatic carbocycles. The number of rotatable bonds is 3. The van der Waals surface area contributed by atoms with Crippen LogP contribution in [0, 0.1) is 6.92 Å². The molecule has 1 atom stereocenters. The molecule has 0 N–H and O–H groups in total. The lowest BCUT2D eigenvalue weighted by Crippen LogP contribution is -2.55. The van der Waals surface area contributed by atoms with E-state index in [2.05, 4.69) is 10.1 Å². The van der Waals surface area contributed by atoms with Crippen molar-refractivity contribution < 1.29 is 23.6 Å². The van der Waals surface area contributed by atoms with Gasteiger partial charge in [0.25, 0.3) is 17.5 Å². The summed E-state index contributed by atoms with van der Waals surface area (Å²) in [7, 11) is 0. The molecule has 2 amide bonds. The van der Waals surface area contributed by atoms with E-state index in [1.54, 1.807) is 28.9 Å². The number of pyridine rings is 1. The Hall–Kier alpha value is -4.40. The van der Waals surface area contributed by atoms with Crippen LogP contribution >= 0.6 is 0 Å². The average Bonchev–Trinajstić information content (AvgIpc) is 3.32. The molecule has 9 heteroatoms. The normalized spacial score (nSPS) is 17.3. The molecular weight excluding hydrogens is 460 g/mol. The summed E-state index contributed by atoms with van der Waals surface area (Å²) >= 11 is 0. The highest BCUT2D eigenvalue weighted by atomic mass is 16.6. The van der Waals surface area contributed by atoms with E-state index >= 15 is 0 Å². The fourth-order valence-corrected chi connectivity index (χ4v) is 4.67. The van der Waals surface area contributed by atoms with Crippen molar-refractivity contribution >= 4 is 22.9 Å². The number of carbonyl (C=O) groups excluding carboxylic acids is 2. The topological polar surface area (TPSA) is 98.0 Å². The minimum Gasteiger partial charge on any atom is -0.485 e. The Balaban J connectivity index is 1.19. The van der Waals surface area contributed by atoms with E-state index < -0.39 is 6.10 Å². The lowest BCUT2D eigenvalue weighted by Gasteiger charge is -2.37. The Bertz CT molecular complexity index is 1440. The highest BCUT2D eigenvalue weighted by molar-refractivity contribution is 6.07. The number of aryl methyl sites for hydroxylation is 1. The van der Waals surface area contributed by atoms with E-state index in [-0.39, 0.29) is 18.4 Å². The smallest absolute Gasteiger partial charge is 0.267 e. The van der Waals surface area contributed by atoms with Crippen LogP contribution in [0.5, 0.6) is 11.5 Å². The van der Waals surface area contributed by atoms with Crippen molar-refractivity contribution in [3.8, 4) is 22.8 Å². The van der Waals surface area contributed by atoms with Crippen LogP contribution in [0.2, 0.25) is 0 Å². The van der Waals surface area contributed by atoms with E-state index in [0.717, 1.165) is 5.56 Å². The molecule has 0 radical (unpaired) electrons. The lowest BCUT2D eigenvalue weighted by molar-refractivity contribution is -0.142. The Morgan fingerprint density at radius 2 is 1.61 bits per heavy atom. The summed E-state index contributed by atoms with van der Waals surface area (Å²) in [6.07, 6.45) is -0.699. The molecule has 2 aromatic carbocycles. The predicted molar refractivity (Wildman–Crippen MR) is 131 cm³/mol. The van der Waals surface area contributed by atoms with Crippen LogP contribution in [0.4, 0.5) is 0 Å². The van der Waals surface area contributed by atoms with Crippen LogP contribution in [-0.4, -0.2) is 70.6 Å². The Morgan fingerprint density at radius 1 is 0.917 bits per heavy atom. The number of benzene rings is 2. The summed E-state index contributed by atoms with van der Waals surface area (Å²) in [5.74, 6) is 0.934. The summed E-state index contributed by atoms with van der Waals surface area (Å²) in [4.78, 5) is 34.8. The van der Waals surface area contributed by atoms with E-state index in [4.69, 9.17) is 14.0 Å². The first kappa shape index (κ1) is 22.1. The zero-order valence-electron chi connectivity index (χ0n) is 19.7. The number of hydrogen-bond donors (Lipinski definition) is 0. The van der Waals surface area contributed by atoms with Gasteiger partial charge >= 0.3 is 0 Å². The van der Waals surface area contributed by atoms with Crippen molar-refractivity contribution in [2.45, 2.75) is 13.0 Å². The van der Waals surface area contributed by atoms with Gasteiger partial charge in [-0.15, -0.1) is 0 Å². The molecule has 36 heavy (non-hydrogen) atoms. The van der Waals surface area contributed by atoms with E-state index in [1.807, 2.05) is 48.5 Å². The molecule has 2 aromatic heterocycles. The fourth-order valence-electron chi connectivity index (χ4n) is 4.67. The molecule has 6 rings (SSSR count). The van der Waals surface area contributed by atoms with E-state index in [1.165, 1.54) is 0 Å². The quantitative estimate of drug-likeness (QED) is 0.440. The fraction of sp³-hybridized carbons (Fsp3) is 0.259. The molecule has 0 saturated carbocycles.